The summed E-state index contributed by atoms with van der Waals surface area (Å²) in [5.41, 5.74) is 1.76. The monoisotopic (exact) mass is 329 g/mol. The summed E-state index contributed by atoms with van der Waals surface area (Å²) in [7, 11) is 0. The highest BCUT2D eigenvalue weighted by atomic mass is 32.1. The van der Waals surface area contributed by atoms with E-state index in [0.29, 0.717) is 17.7 Å². The average molecular weight is 329 g/mol. The molecule has 0 bridgehead atoms. The molecule has 2 saturated heterocycles. The number of hydrogen-bond acceptors (Lipinski definition) is 6. The van der Waals surface area contributed by atoms with Crippen molar-refractivity contribution in [3.63, 3.8) is 0 Å². The third kappa shape index (κ3) is 2.74. The van der Waals surface area contributed by atoms with Gasteiger partial charge in [0.05, 0.1) is 4.88 Å². The predicted octanol–water partition coefficient (Wildman–Crippen LogP) is 1.59. The van der Waals surface area contributed by atoms with E-state index in [-0.39, 0.29) is 5.91 Å². The number of rotatable bonds is 3. The normalized spacial score (nSPS) is 24.1. The van der Waals surface area contributed by atoms with Crippen molar-refractivity contribution >= 4 is 17.4 Å². The number of pyridine rings is 1. The Morgan fingerprint density at radius 3 is 3.09 bits per heavy atom. The van der Waals surface area contributed by atoms with E-state index >= 15 is 0 Å². The fraction of sp³-hybridized carbons (Fsp3) is 0.500. The van der Waals surface area contributed by atoms with Gasteiger partial charge in [-0.3, -0.25) is 14.7 Å². The van der Waals surface area contributed by atoms with Gasteiger partial charge in [0.2, 0.25) is 0 Å². The molecule has 7 heteroatoms. The fourth-order valence-corrected chi connectivity index (χ4v) is 4.18. The van der Waals surface area contributed by atoms with E-state index in [4.69, 9.17) is 0 Å². The van der Waals surface area contributed by atoms with Crippen LogP contribution in [0.2, 0.25) is 0 Å². The summed E-state index contributed by atoms with van der Waals surface area (Å²) in [6.45, 7) is 5.55. The van der Waals surface area contributed by atoms with Crippen LogP contribution in [0.4, 0.5) is 0 Å². The minimum Gasteiger partial charge on any atom is -0.335 e. The van der Waals surface area contributed by atoms with Crippen LogP contribution in [-0.2, 0) is 6.54 Å². The zero-order valence-corrected chi connectivity index (χ0v) is 13.9. The van der Waals surface area contributed by atoms with E-state index in [1.54, 1.807) is 6.20 Å². The third-order valence-corrected chi connectivity index (χ3v) is 5.54. The maximum absolute atomic E-state index is 12.6. The van der Waals surface area contributed by atoms with Gasteiger partial charge in [-0.05, 0) is 49.0 Å². The molecule has 120 valence electrons. The number of fused-ring (bicyclic) bond motifs is 1. The number of hydrogen-bond donors (Lipinski definition) is 0. The van der Waals surface area contributed by atoms with Crippen molar-refractivity contribution in [3.05, 3.63) is 40.7 Å². The Kier molecular flexibility index (Phi) is 3.82. The largest absolute Gasteiger partial charge is 0.335 e. The van der Waals surface area contributed by atoms with E-state index in [0.717, 1.165) is 37.5 Å². The molecule has 0 aliphatic carbocycles. The number of aromatic nitrogens is 3. The van der Waals surface area contributed by atoms with Crippen molar-refractivity contribution in [2.45, 2.75) is 25.9 Å². The van der Waals surface area contributed by atoms with Crippen molar-refractivity contribution < 1.29 is 4.79 Å². The van der Waals surface area contributed by atoms with Gasteiger partial charge in [0.15, 0.2) is 5.69 Å². The number of aryl methyl sites for hydroxylation is 1. The molecule has 0 aromatic carbocycles. The molecule has 0 N–H and O–H groups in total. The van der Waals surface area contributed by atoms with Crippen LogP contribution in [0.5, 0.6) is 0 Å². The Labute approximate surface area is 139 Å². The number of carbonyl (C=O) groups is 1. The standard InChI is InChI=1S/C16H19N5OS/c1-11-15(18-19-23-11)16(22)21-9-13-4-6-20(14(13)10-21)8-12-3-2-5-17-7-12/h2-3,5,7,13-14H,4,6,8-10H2,1H3/t13-,14+/m0/s1. The van der Waals surface area contributed by atoms with Crippen molar-refractivity contribution in [1.29, 1.82) is 0 Å². The summed E-state index contributed by atoms with van der Waals surface area (Å²) < 4.78 is 3.88. The first-order valence-corrected chi connectivity index (χ1v) is 8.71. The van der Waals surface area contributed by atoms with E-state index in [2.05, 4.69) is 25.5 Å². The van der Waals surface area contributed by atoms with Crippen molar-refractivity contribution in [3.8, 4) is 0 Å². The molecule has 2 aliphatic heterocycles. The summed E-state index contributed by atoms with van der Waals surface area (Å²) >= 11 is 1.29. The second-order valence-corrected chi connectivity index (χ2v) is 7.29. The third-order valence-electron chi connectivity index (χ3n) is 4.91. The summed E-state index contributed by atoms with van der Waals surface area (Å²) in [5, 5.41) is 4.00. The van der Waals surface area contributed by atoms with Gasteiger partial charge in [0, 0.05) is 38.1 Å². The lowest BCUT2D eigenvalue weighted by molar-refractivity contribution is 0.0764. The lowest BCUT2D eigenvalue weighted by Crippen LogP contribution is -2.37. The Morgan fingerprint density at radius 1 is 1.43 bits per heavy atom. The van der Waals surface area contributed by atoms with Gasteiger partial charge in [-0.15, -0.1) is 5.10 Å². The second-order valence-electron chi connectivity index (χ2n) is 6.34. The smallest absolute Gasteiger partial charge is 0.275 e. The Balaban J connectivity index is 1.45. The minimum atomic E-state index is 0.0342. The molecule has 2 aromatic heterocycles. The Morgan fingerprint density at radius 2 is 2.35 bits per heavy atom. The predicted molar refractivity (Wildman–Crippen MR) is 87.1 cm³/mol. The zero-order chi connectivity index (χ0) is 15.8. The summed E-state index contributed by atoms with van der Waals surface area (Å²) in [4.78, 5) is 22.2. The topological polar surface area (TPSA) is 62.2 Å². The van der Waals surface area contributed by atoms with Crippen LogP contribution < -0.4 is 0 Å². The SMILES string of the molecule is Cc1snnc1C(=O)N1C[C@@H]2CCN(Cc3cccnc3)[C@@H]2C1. The molecule has 2 atom stereocenters. The van der Waals surface area contributed by atoms with Gasteiger partial charge in [0.1, 0.15) is 0 Å². The highest BCUT2D eigenvalue weighted by Crippen LogP contribution is 2.33. The highest BCUT2D eigenvalue weighted by molar-refractivity contribution is 7.05. The van der Waals surface area contributed by atoms with Gasteiger partial charge in [0.25, 0.3) is 5.91 Å². The van der Waals surface area contributed by atoms with Crippen molar-refractivity contribution in [1.82, 2.24) is 24.4 Å². The van der Waals surface area contributed by atoms with Crippen LogP contribution in [0, 0.1) is 12.8 Å². The van der Waals surface area contributed by atoms with Gasteiger partial charge < -0.3 is 4.90 Å². The van der Waals surface area contributed by atoms with E-state index in [1.807, 2.05) is 24.1 Å². The summed E-state index contributed by atoms with van der Waals surface area (Å²) in [6.07, 6.45) is 4.88. The first-order valence-electron chi connectivity index (χ1n) is 7.93. The van der Waals surface area contributed by atoms with Gasteiger partial charge in [-0.25, -0.2) is 0 Å². The molecule has 23 heavy (non-hydrogen) atoms. The van der Waals surface area contributed by atoms with Crippen LogP contribution in [0.15, 0.2) is 24.5 Å². The van der Waals surface area contributed by atoms with Gasteiger partial charge >= 0.3 is 0 Å². The quantitative estimate of drug-likeness (QED) is 0.856. The molecule has 2 aromatic rings. The number of nitrogens with zero attached hydrogens (tertiary/aromatic N) is 5. The van der Waals surface area contributed by atoms with Crippen LogP contribution in [-0.4, -0.2) is 56.0 Å². The lowest BCUT2D eigenvalue weighted by atomic mass is 10.1. The molecule has 1 amide bonds. The van der Waals surface area contributed by atoms with Gasteiger partial charge in [-0.1, -0.05) is 10.6 Å². The first-order chi connectivity index (χ1) is 11.2. The molecule has 6 nitrogen and oxygen atoms in total. The lowest BCUT2D eigenvalue weighted by Gasteiger charge is -2.24. The Bertz CT molecular complexity index is 704. The number of amides is 1. The van der Waals surface area contributed by atoms with Crippen LogP contribution in [0.3, 0.4) is 0 Å². The molecule has 0 radical (unpaired) electrons. The van der Waals surface area contributed by atoms with Crippen molar-refractivity contribution in [2.75, 3.05) is 19.6 Å². The minimum absolute atomic E-state index is 0.0342. The summed E-state index contributed by atoms with van der Waals surface area (Å²) in [6, 6.07) is 4.54. The fourth-order valence-electron chi connectivity index (χ4n) is 3.72. The van der Waals surface area contributed by atoms with Gasteiger partial charge in [-0.2, -0.15) is 0 Å². The van der Waals surface area contributed by atoms with E-state index < -0.39 is 0 Å². The molecule has 0 saturated carbocycles. The number of carbonyl (C=O) groups excluding carboxylic acids is 1. The molecule has 0 spiro atoms. The molecule has 4 rings (SSSR count). The maximum atomic E-state index is 12.6. The maximum Gasteiger partial charge on any atom is 0.275 e. The molecular weight excluding hydrogens is 310 g/mol. The second kappa shape index (κ2) is 5.98. The molecule has 4 heterocycles. The van der Waals surface area contributed by atoms with Crippen molar-refractivity contribution in [2.24, 2.45) is 5.92 Å². The zero-order valence-electron chi connectivity index (χ0n) is 13.1. The van der Waals surface area contributed by atoms with Crippen LogP contribution >= 0.6 is 11.5 Å². The average Bonchev–Trinajstić information content (AvgIpc) is 3.25. The number of likely N-dealkylation sites (tertiary alicyclic amines) is 2. The first kappa shape index (κ1) is 14.7. The highest BCUT2D eigenvalue weighted by Gasteiger charge is 2.43. The summed E-state index contributed by atoms with van der Waals surface area (Å²) in [5.74, 6) is 0.606. The molecule has 2 fully saturated rings. The Hall–Kier alpha value is -1.86. The molecule has 2 aliphatic rings. The molecule has 0 unspecified atom stereocenters. The molecular formula is C16H19N5OS. The van der Waals surface area contributed by atoms with E-state index in [9.17, 15) is 4.79 Å². The van der Waals surface area contributed by atoms with Crippen LogP contribution in [0.1, 0.15) is 27.3 Å². The van der Waals surface area contributed by atoms with Crippen LogP contribution in [0.25, 0.3) is 0 Å². The van der Waals surface area contributed by atoms with E-state index in [1.165, 1.54) is 17.1 Å².